The summed E-state index contributed by atoms with van der Waals surface area (Å²) in [6, 6.07) is 4.29. The van der Waals surface area contributed by atoms with Gasteiger partial charge in [0.2, 0.25) is 0 Å². The molecule has 0 spiro atoms. The smallest absolute Gasteiger partial charge is 0.307 e. The Bertz CT molecular complexity index is 390. The van der Waals surface area contributed by atoms with Crippen molar-refractivity contribution in [2.45, 2.75) is 39.0 Å². The molecule has 1 unspecified atom stereocenters. The lowest BCUT2D eigenvalue weighted by Crippen LogP contribution is -2.13. The number of aryl methyl sites for hydroxylation is 3. The molecule has 0 N–H and O–H groups in total. The predicted octanol–water partition coefficient (Wildman–Crippen LogP) is 3.32. The van der Waals surface area contributed by atoms with Crippen LogP contribution in [0.1, 0.15) is 28.7 Å². The number of halogens is 1. The number of carbonyl (C=O) groups excluding carboxylic acids is 1. The van der Waals surface area contributed by atoms with E-state index in [1.165, 1.54) is 29.4 Å². The molecule has 17 heavy (non-hydrogen) atoms. The highest BCUT2D eigenvalue weighted by molar-refractivity contribution is 6.21. The lowest BCUT2D eigenvalue weighted by Gasteiger charge is -2.14. The Balaban J connectivity index is 2.78. The van der Waals surface area contributed by atoms with Crippen LogP contribution in [0.5, 0.6) is 0 Å². The van der Waals surface area contributed by atoms with Crippen LogP contribution < -0.4 is 0 Å². The van der Waals surface area contributed by atoms with Crippen LogP contribution in [0, 0.1) is 20.8 Å². The molecule has 0 fully saturated rings. The second kappa shape index (κ2) is 6.06. The quantitative estimate of drug-likeness (QED) is 0.609. The zero-order chi connectivity index (χ0) is 13.0. The first-order valence-corrected chi connectivity index (χ1v) is 6.15. The summed E-state index contributed by atoms with van der Waals surface area (Å²) < 4.78 is 4.61. The number of rotatable bonds is 4. The van der Waals surface area contributed by atoms with Gasteiger partial charge in [-0.05, 0) is 43.9 Å². The first-order valence-electron chi connectivity index (χ1n) is 5.71. The van der Waals surface area contributed by atoms with Crippen molar-refractivity contribution in [2.75, 3.05) is 7.11 Å². The zero-order valence-electron chi connectivity index (χ0n) is 10.8. The van der Waals surface area contributed by atoms with Crippen LogP contribution in [0.15, 0.2) is 12.1 Å². The monoisotopic (exact) mass is 254 g/mol. The molecule has 2 nitrogen and oxygen atoms in total. The Labute approximate surface area is 108 Å². The van der Waals surface area contributed by atoms with Gasteiger partial charge in [0, 0.05) is 5.38 Å². The second-order valence-electron chi connectivity index (χ2n) is 4.46. The number of ether oxygens (including phenoxy) is 1. The van der Waals surface area contributed by atoms with Crippen LogP contribution in [0.3, 0.4) is 0 Å². The first-order chi connectivity index (χ1) is 7.93. The number of benzene rings is 1. The van der Waals surface area contributed by atoms with E-state index in [0.29, 0.717) is 6.42 Å². The molecule has 0 aliphatic rings. The number of carbonyl (C=O) groups is 1. The van der Waals surface area contributed by atoms with E-state index in [0.717, 1.165) is 0 Å². The Kier molecular flexibility index (Phi) is 5.01. The van der Waals surface area contributed by atoms with E-state index >= 15 is 0 Å². The molecule has 3 heteroatoms. The highest BCUT2D eigenvalue weighted by Gasteiger charge is 2.14. The highest BCUT2D eigenvalue weighted by atomic mass is 35.5. The summed E-state index contributed by atoms with van der Waals surface area (Å²) in [5.41, 5.74) is 4.96. The van der Waals surface area contributed by atoms with Gasteiger partial charge in [0.1, 0.15) is 0 Å². The van der Waals surface area contributed by atoms with Crippen LogP contribution in [-0.4, -0.2) is 18.5 Å². The third kappa shape index (κ3) is 4.04. The predicted molar refractivity (Wildman–Crippen MR) is 70.6 cm³/mol. The van der Waals surface area contributed by atoms with Crippen LogP contribution in [0.4, 0.5) is 0 Å². The van der Waals surface area contributed by atoms with Crippen molar-refractivity contribution >= 4 is 17.6 Å². The van der Waals surface area contributed by atoms with Gasteiger partial charge in [0.25, 0.3) is 0 Å². The van der Waals surface area contributed by atoms with Crippen molar-refractivity contribution in [1.29, 1.82) is 0 Å². The topological polar surface area (TPSA) is 26.3 Å². The molecule has 0 heterocycles. The maximum Gasteiger partial charge on any atom is 0.307 e. The average molecular weight is 255 g/mol. The van der Waals surface area contributed by atoms with Gasteiger partial charge in [-0.3, -0.25) is 4.79 Å². The van der Waals surface area contributed by atoms with Gasteiger partial charge in [-0.15, -0.1) is 11.6 Å². The summed E-state index contributed by atoms with van der Waals surface area (Å²) in [6.07, 6.45) is 0.958. The van der Waals surface area contributed by atoms with E-state index in [-0.39, 0.29) is 17.8 Å². The van der Waals surface area contributed by atoms with Gasteiger partial charge < -0.3 is 4.74 Å². The summed E-state index contributed by atoms with van der Waals surface area (Å²) >= 11 is 6.17. The molecule has 0 saturated carbocycles. The molecule has 0 amide bonds. The normalized spacial score (nSPS) is 12.3. The maximum atomic E-state index is 11.1. The molecule has 1 rings (SSSR count). The number of hydrogen-bond acceptors (Lipinski definition) is 2. The van der Waals surface area contributed by atoms with E-state index in [4.69, 9.17) is 11.6 Å². The number of esters is 1. The Hall–Kier alpha value is -1.02. The van der Waals surface area contributed by atoms with Crippen molar-refractivity contribution in [3.8, 4) is 0 Å². The van der Waals surface area contributed by atoms with E-state index in [2.05, 4.69) is 37.6 Å². The van der Waals surface area contributed by atoms with Gasteiger partial charge in [-0.2, -0.15) is 0 Å². The molecule has 0 saturated heterocycles. The SMILES string of the molecule is COC(=O)CC(Cl)Cc1c(C)cc(C)cc1C. The molecule has 0 radical (unpaired) electrons. The first kappa shape index (κ1) is 14.0. The summed E-state index contributed by atoms with van der Waals surface area (Å²) in [5, 5.41) is -0.206. The van der Waals surface area contributed by atoms with Crippen molar-refractivity contribution in [1.82, 2.24) is 0 Å². The van der Waals surface area contributed by atoms with Gasteiger partial charge in [0.15, 0.2) is 0 Å². The minimum atomic E-state index is -0.257. The fourth-order valence-corrected chi connectivity index (χ4v) is 2.37. The van der Waals surface area contributed by atoms with Crippen LogP contribution in [-0.2, 0) is 16.0 Å². The van der Waals surface area contributed by atoms with Gasteiger partial charge in [-0.25, -0.2) is 0 Å². The minimum Gasteiger partial charge on any atom is -0.469 e. The third-order valence-corrected chi connectivity index (χ3v) is 3.19. The van der Waals surface area contributed by atoms with E-state index in [9.17, 15) is 4.79 Å². The molecular weight excluding hydrogens is 236 g/mol. The maximum absolute atomic E-state index is 11.1. The number of methoxy groups -OCH3 is 1. The summed E-state index contributed by atoms with van der Waals surface area (Å²) in [5.74, 6) is -0.257. The molecule has 0 aliphatic heterocycles. The molecule has 1 aromatic carbocycles. The molecule has 0 aliphatic carbocycles. The fraction of sp³-hybridized carbons (Fsp3) is 0.500. The highest BCUT2D eigenvalue weighted by Crippen LogP contribution is 2.21. The molecule has 0 aromatic heterocycles. The van der Waals surface area contributed by atoms with E-state index in [1.807, 2.05) is 0 Å². The molecule has 1 atom stereocenters. The van der Waals surface area contributed by atoms with Crippen molar-refractivity contribution in [3.63, 3.8) is 0 Å². The van der Waals surface area contributed by atoms with Crippen molar-refractivity contribution in [2.24, 2.45) is 0 Å². The van der Waals surface area contributed by atoms with E-state index < -0.39 is 0 Å². The van der Waals surface area contributed by atoms with Gasteiger partial charge in [0.05, 0.1) is 13.5 Å². The summed E-state index contributed by atoms with van der Waals surface area (Å²) in [4.78, 5) is 11.1. The Morgan fingerprint density at radius 3 is 2.29 bits per heavy atom. The van der Waals surface area contributed by atoms with E-state index in [1.54, 1.807) is 0 Å². The van der Waals surface area contributed by atoms with Gasteiger partial charge in [-0.1, -0.05) is 17.7 Å². The van der Waals surface area contributed by atoms with Crippen molar-refractivity contribution in [3.05, 3.63) is 34.4 Å². The molecule has 0 bridgehead atoms. The number of hydrogen-bond donors (Lipinski definition) is 0. The third-order valence-electron chi connectivity index (χ3n) is 2.88. The number of alkyl halides is 1. The van der Waals surface area contributed by atoms with Crippen LogP contribution in [0.2, 0.25) is 0 Å². The standard InChI is InChI=1S/C14H19ClO2/c1-9-5-10(2)13(11(3)6-9)7-12(15)8-14(16)17-4/h5-6,12H,7-8H2,1-4H3. The lowest BCUT2D eigenvalue weighted by atomic mass is 9.95. The minimum absolute atomic E-state index is 0.206. The van der Waals surface area contributed by atoms with Crippen LogP contribution in [0.25, 0.3) is 0 Å². The van der Waals surface area contributed by atoms with Crippen LogP contribution >= 0.6 is 11.6 Å². The Morgan fingerprint density at radius 2 is 1.82 bits per heavy atom. The molecule has 1 aromatic rings. The molecule has 94 valence electrons. The largest absolute Gasteiger partial charge is 0.469 e. The van der Waals surface area contributed by atoms with Crippen molar-refractivity contribution < 1.29 is 9.53 Å². The second-order valence-corrected chi connectivity index (χ2v) is 5.08. The molecular formula is C14H19ClO2. The Morgan fingerprint density at radius 1 is 1.29 bits per heavy atom. The summed E-state index contributed by atoms with van der Waals surface area (Å²) in [7, 11) is 1.38. The zero-order valence-corrected chi connectivity index (χ0v) is 11.6. The lowest BCUT2D eigenvalue weighted by molar-refractivity contribution is -0.140. The fourth-order valence-electron chi connectivity index (χ4n) is 2.09. The van der Waals surface area contributed by atoms with Gasteiger partial charge >= 0.3 is 5.97 Å². The summed E-state index contributed by atoms with van der Waals surface area (Å²) in [6.45, 7) is 6.24. The average Bonchev–Trinajstić information content (AvgIpc) is 2.23.